The van der Waals surface area contributed by atoms with Crippen molar-refractivity contribution in [2.24, 2.45) is 0 Å². The molecule has 1 N–H and O–H groups in total. The molecule has 5 heteroatoms. The largest absolute Gasteiger partial charge is 0.329 e. The van der Waals surface area contributed by atoms with E-state index in [-0.39, 0.29) is 5.56 Å². The average Bonchev–Trinajstić information content (AvgIpc) is 2.77. The monoisotopic (exact) mass is 261 g/mol. The quantitative estimate of drug-likeness (QED) is 0.721. The summed E-state index contributed by atoms with van der Waals surface area (Å²) in [6, 6.07) is 5.58. The van der Waals surface area contributed by atoms with Crippen molar-refractivity contribution < 1.29 is 0 Å². The van der Waals surface area contributed by atoms with Crippen LogP contribution in [0.5, 0.6) is 0 Å². The average molecular weight is 262 g/mol. The zero-order valence-corrected chi connectivity index (χ0v) is 10.7. The first-order chi connectivity index (χ1) is 8.76. The fraction of sp³-hybridized carbons (Fsp3) is 0.231. The molecular weight excluding hydrogens is 250 g/mol. The first-order valence-corrected chi connectivity index (χ1v) is 6.35. The fourth-order valence-electron chi connectivity index (χ4n) is 2.39. The van der Waals surface area contributed by atoms with Crippen LogP contribution >= 0.6 is 11.6 Å². The molecule has 0 spiro atoms. The molecule has 4 nitrogen and oxygen atoms in total. The predicted molar refractivity (Wildman–Crippen MR) is 73.1 cm³/mol. The molecule has 0 aliphatic rings. The lowest BCUT2D eigenvalue weighted by molar-refractivity contribution is 0.749. The summed E-state index contributed by atoms with van der Waals surface area (Å²) in [6.45, 7) is 2.83. The molecular formula is C13H12ClN3O. The van der Waals surface area contributed by atoms with Crippen molar-refractivity contribution in [2.45, 2.75) is 19.3 Å². The lowest BCUT2D eigenvalue weighted by Gasteiger charge is -2.05. The number of aromatic amines is 1. The summed E-state index contributed by atoms with van der Waals surface area (Å²) >= 11 is 5.91. The van der Waals surface area contributed by atoms with Crippen molar-refractivity contribution in [1.82, 2.24) is 14.5 Å². The van der Waals surface area contributed by atoms with E-state index < -0.39 is 0 Å². The maximum atomic E-state index is 11.8. The fourth-order valence-corrected chi connectivity index (χ4v) is 2.59. The highest BCUT2D eigenvalue weighted by molar-refractivity contribution is 6.17. The van der Waals surface area contributed by atoms with Crippen molar-refractivity contribution in [3.05, 3.63) is 40.6 Å². The molecule has 0 aliphatic carbocycles. The van der Waals surface area contributed by atoms with Gasteiger partial charge in [-0.1, -0.05) is 0 Å². The highest BCUT2D eigenvalue weighted by Gasteiger charge is 2.12. The van der Waals surface area contributed by atoms with Crippen LogP contribution < -0.4 is 5.56 Å². The van der Waals surface area contributed by atoms with Crippen molar-refractivity contribution >= 4 is 33.4 Å². The topological polar surface area (TPSA) is 50.7 Å². The number of hydrogen-bond donors (Lipinski definition) is 1. The van der Waals surface area contributed by atoms with E-state index in [1.807, 2.05) is 25.1 Å². The first kappa shape index (κ1) is 11.3. The molecule has 3 rings (SSSR count). The van der Waals surface area contributed by atoms with Gasteiger partial charge in [0.2, 0.25) is 0 Å². The van der Waals surface area contributed by atoms with Crippen molar-refractivity contribution in [3.8, 4) is 0 Å². The van der Waals surface area contributed by atoms with Crippen LogP contribution in [0, 0.1) is 0 Å². The molecule has 92 valence electrons. The number of rotatable bonds is 2. The number of benzene rings is 1. The third-order valence-corrected chi connectivity index (χ3v) is 3.41. The molecule has 1 aromatic carbocycles. The highest BCUT2D eigenvalue weighted by Crippen LogP contribution is 2.24. The summed E-state index contributed by atoms with van der Waals surface area (Å²) in [5.74, 6) is 1.20. The lowest BCUT2D eigenvalue weighted by atomic mass is 10.1. The van der Waals surface area contributed by atoms with Crippen molar-refractivity contribution in [3.63, 3.8) is 0 Å². The Hall–Kier alpha value is -1.81. The summed E-state index contributed by atoms with van der Waals surface area (Å²) in [5.41, 5.74) is 1.79. The summed E-state index contributed by atoms with van der Waals surface area (Å²) in [5, 5.41) is 1.60. The van der Waals surface area contributed by atoms with Crippen LogP contribution in [0.1, 0.15) is 12.7 Å². The Kier molecular flexibility index (Phi) is 2.59. The van der Waals surface area contributed by atoms with Gasteiger partial charge in [-0.2, -0.15) is 0 Å². The van der Waals surface area contributed by atoms with E-state index in [2.05, 4.69) is 14.5 Å². The van der Waals surface area contributed by atoms with Gasteiger partial charge < -0.3 is 9.55 Å². The summed E-state index contributed by atoms with van der Waals surface area (Å²) in [6.07, 6.45) is 1.66. The summed E-state index contributed by atoms with van der Waals surface area (Å²) in [4.78, 5) is 19.0. The number of alkyl halides is 1. The highest BCUT2D eigenvalue weighted by atomic mass is 35.5. The smallest absolute Gasteiger partial charge is 0.255 e. The maximum Gasteiger partial charge on any atom is 0.255 e. The van der Waals surface area contributed by atoms with Crippen LogP contribution in [-0.2, 0) is 12.4 Å². The van der Waals surface area contributed by atoms with E-state index >= 15 is 0 Å². The third kappa shape index (κ3) is 1.46. The molecule has 0 saturated carbocycles. The van der Waals surface area contributed by atoms with Gasteiger partial charge in [0.05, 0.1) is 16.9 Å². The number of imidazole rings is 1. The molecule has 0 saturated heterocycles. The Labute approximate surface area is 108 Å². The normalized spacial score (nSPS) is 11.4. The van der Waals surface area contributed by atoms with Gasteiger partial charge in [-0.25, -0.2) is 4.98 Å². The van der Waals surface area contributed by atoms with Gasteiger partial charge in [-0.15, -0.1) is 11.6 Å². The zero-order chi connectivity index (χ0) is 12.7. The molecule has 2 aromatic heterocycles. The zero-order valence-electron chi connectivity index (χ0n) is 9.90. The summed E-state index contributed by atoms with van der Waals surface area (Å²) < 4.78 is 2.06. The Morgan fingerprint density at radius 1 is 1.33 bits per heavy atom. The Bertz CT molecular complexity index is 788. The molecule has 0 unspecified atom stereocenters. The molecule has 0 fully saturated rings. The van der Waals surface area contributed by atoms with Crippen LogP contribution in [0.25, 0.3) is 21.8 Å². The van der Waals surface area contributed by atoms with Gasteiger partial charge >= 0.3 is 0 Å². The maximum absolute atomic E-state index is 11.8. The van der Waals surface area contributed by atoms with Gasteiger partial charge in [-0.05, 0) is 25.1 Å². The number of halogens is 1. The van der Waals surface area contributed by atoms with Crippen LogP contribution in [0.15, 0.2) is 29.2 Å². The number of aryl methyl sites for hydroxylation is 1. The second-order valence-electron chi connectivity index (χ2n) is 4.11. The number of pyridine rings is 1. The molecule has 18 heavy (non-hydrogen) atoms. The van der Waals surface area contributed by atoms with Crippen LogP contribution in [-0.4, -0.2) is 14.5 Å². The molecule has 3 aromatic rings. The van der Waals surface area contributed by atoms with E-state index in [9.17, 15) is 4.79 Å². The molecule has 0 radical (unpaired) electrons. The third-order valence-electron chi connectivity index (χ3n) is 3.17. The van der Waals surface area contributed by atoms with E-state index in [0.717, 1.165) is 28.8 Å². The van der Waals surface area contributed by atoms with Crippen LogP contribution in [0.2, 0.25) is 0 Å². The van der Waals surface area contributed by atoms with Crippen LogP contribution in [0.4, 0.5) is 0 Å². The number of H-pyrrole nitrogens is 1. The van der Waals surface area contributed by atoms with Gasteiger partial charge in [0.1, 0.15) is 5.82 Å². The molecule has 0 aliphatic heterocycles. The van der Waals surface area contributed by atoms with Crippen LogP contribution in [0.3, 0.4) is 0 Å². The van der Waals surface area contributed by atoms with E-state index in [1.165, 1.54) is 0 Å². The number of hydrogen-bond acceptors (Lipinski definition) is 2. The second-order valence-corrected chi connectivity index (χ2v) is 4.37. The van der Waals surface area contributed by atoms with Crippen molar-refractivity contribution in [2.75, 3.05) is 0 Å². The standard InChI is InChI=1S/C13H12ClN3O/c1-2-17-11(7-14)16-10-4-3-9-8(12(10)17)5-6-15-13(9)18/h3-6H,2,7H2,1H3,(H,15,18). The molecule has 0 bridgehead atoms. The van der Waals surface area contributed by atoms with E-state index in [1.54, 1.807) is 6.20 Å². The SMILES string of the molecule is CCn1c(CCl)nc2ccc3c(=O)[nH]ccc3c21. The summed E-state index contributed by atoms with van der Waals surface area (Å²) in [7, 11) is 0. The van der Waals surface area contributed by atoms with Gasteiger partial charge in [0, 0.05) is 23.5 Å². The van der Waals surface area contributed by atoms with E-state index in [4.69, 9.17) is 11.6 Å². The Balaban J connectivity index is 2.57. The number of aromatic nitrogens is 3. The van der Waals surface area contributed by atoms with Gasteiger partial charge in [0.15, 0.2) is 0 Å². The Morgan fingerprint density at radius 3 is 2.89 bits per heavy atom. The second kappa shape index (κ2) is 4.14. The Morgan fingerprint density at radius 2 is 2.17 bits per heavy atom. The van der Waals surface area contributed by atoms with Gasteiger partial charge in [0.25, 0.3) is 5.56 Å². The minimum atomic E-state index is -0.0781. The van der Waals surface area contributed by atoms with Gasteiger partial charge in [-0.3, -0.25) is 4.79 Å². The number of nitrogens with zero attached hydrogens (tertiary/aromatic N) is 2. The lowest BCUT2D eigenvalue weighted by Crippen LogP contribution is -2.05. The predicted octanol–water partition coefficient (Wildman–Crippen LogP) is 2.64. The van der Waals surface area contributed by atoms with E-state index in [0.29, 0.717) is 11.3 Å². The van der Waals surface area contributed by atoms with Crippen molar-refractivity contribution in [1.29, 1.82) is 0 Å². The minimum absolute atomic E-state index is 0.0781. The first-order valence-electron chi connectivity index (χ1n) is 5.81. The number of fused-ring (bicyclic) bond motifs is 3. The number of nitrogens with one attached hydrogen (secondary N) is 1. The molecule has 0 atom stereocenters. The minimum Gasteiger partial charge on any atom is -0.329 e. The molecule has 2 heterocycles. The molecule has 0 amide bonds.